The Bertz CT molecular complexity index is 1230. The highest BCUT2D eigenvalue weighted by Crippen LogP contribution is 2.32. The Morgan fingerprint density at radius 2 is 1.78 bits per heavy atom. The summed E-state index contributed by atoms with van der Waals surface area (Å²) in [7, 11) is -3.94. The summed E-state index contributed by atoms with van der Waals surface area (Å²) in [4.78, 5) is 15.6. The molecule has 1 saturated heterocycles. The molecule has 1 unspecified atom stereocenters. The van der Waals surface area contributed by atoms with Crippen molar-refractivity contribution in [3.63, 3.8) is 0 Å². The van der Waals surface area contributed by atoms with E-state index < -0.39 is 16.1 Å². The van der Waals surface area contributed by atoms with Gasteiger partial charge in [-0.2, -0.15) is 0 Å². The lowest BCUT2D eigenvalue weighted by Gasteiger charge is -2.33. The number of rotatable bonds is 6. The van der Waals surface area contributed by atoms with Crippen molar-refractivity contribution in [1.29, 1.82) is 0 Å². The van der Waals surface area contributed by atoms with Crippen LogP contribution >= 0.6 is 11.6 Å². The lowest BCUT2D eigenvalue weighted by molar-refractivity contribution is -0.136. The molecule has 4 rings (SSSR count). The van der Waals surface area contributed by atoms with Crippen LogP contribution in [0.5, 0.6) is 0 Å². The summed E-state index contributed by atoms with van der Waals surface area (Å²) in [6, 6.07) is 14.2. The molecule has 1 amide bonds. The maximum atomic E-state index is 13.7. The zero-order valence-corrected chi connectivity index (χ0v) is 19.6. The van der Waals surface area contributed by atoms with E-state index in [1.807, 2.05) is 41.3 Å². The topological polar surface area (TPSA) is 85.4 Å². The SMILES string of the molecule is CC1CCN(C(=O)C(CCc2ccccc2Cl)n2cc(S(N)(=O)=O)c3ccccc32)CC1. The Hall–Kier alpha value is -2.35. The standard InChI is InChI=1S/C24H28ClN3O3S/c1-17-12-14-27(15-13-17)24(29)22(11-10-18-6-2-4-8-20(18)25)28-16-23(32(26,30)31)19-7-3-5-9-21(19)28/h2-9,16-17,22H,10-15H2,1H3,(H2,26,30,31). The molecular formula is C24H28ClN3O3S. The third kappa shape index (κ3) is 4.70. The van der Waals surface area contributed by atoms with E-state index in [-0.39, 0.29) is 10.8 Å². The third-order valence-corrected chi connectivity index (χ3v) is 7.68. The minimum absolute atomic E-state index is 0.00526. The van der Waals surface area contributed by atoms with Crippen LogP contribution in [-0.4, -0.2) is 36.9 Å². The smallest absolute Gasteiger partial charge is 0.245 e. The number of para-hydroxylation sites is 1. The largest absolute Gasteiger partial charge is 0.341 e. The molecular weight excluding hydrogens is 446 g/mol. The first kappa shape index (κ1) is 22.8. The number of hydrogen-bond donors (Lipinski definition) is 1. The van der Waals surface area contributed by atoms with Crippen LogP contribution in [0.15, 0.2) is 59.6 Å². The first-order valence-corrected chi connectivity index (χ1v) is 12.8. The van der Waals surface area contributed by atoms with Crippen LogP contribution in [0.4, 0.5) is 0 Å². The number of carbonyl (C=O) groups excluding carboxylic acids is 1. The number of piperidine rings is 1. The molecule has 1 aromatic heterocycles. The Labute approximate surface area is 194 Å². The molecule has 0 spiro atoms. The molecule has 170 valence electrons. The van der Waals surface area contributed by atoms with Crippen LogP contribution < -0.4 is 5.14 Å². The number of halogens is 1. The second-order valence-electron chi connectivity index (χ2n) is 8.62. The zero-order valence-electron chi connectivity index (χ0n) is 18.1. The number of aryl methyl sites for hydroxylation is 1. The van der Waals surface area contributed by atoms with Crippen molar-refractivity contribution >= 4 is 38.4 Å². The average molecular weight is 474 g/mol. The zero-order chi connectivity index (χ0) is 22.9. The van der Waals surface area contributed by atoms with Crippen molar-refractivity contribution in [2.24, 2.45) is 11.1 Å². The minimum atomic E-state index is -3.94. The number of carbonyl (C=O) groups is 1. The van der Waals surface area contributed by atoms with Gasteiger partial charge >= 0.3 is 0 Å². The molecule has 6 nitrogen and oxygen atoms in total. The van der Waals surface area contributed by atoms with Crippen LogP contribution in [0.3, 0.4) is 0 Å². The number of sulfonamides is 1. The highest BCUT2D eigenvalue weighted by molar-refractivity contribution is 7.89. The van der Waals surface area contributed by atoms with Crippen molar-refractivity contribution in [3.05, 3.63) is 65.3 Å². The van der Waals surface area contributed by atoms with Gasteiger partial charge < -0.3 is 9.47 Å². The molecule has 1 aliphatic heterocycles. The minimum Gasteiger partial charge on any atom is -0.341 e. The van der Waals surface area contributed by atoms with Crippen LogP contribution in [0, 0.1) is 5.92 Å². The van der Waals surface area contributed by atoms with Crippen LogP contribution in [0.25, 0.3) is 10.9 Å². The fraction of sp³-hybridized carbons (Fsp3) is 0.375. The molecule has 1 aliphatic rings. The Morgan fingerprint density at radius 1 is 1.12 bits per heavy atom. The fourth-order valence-electron chi connectivity index (χ4n) is 4.47. The summed E-state index contributed by atoms with van der Waals surface area (Å²) >= 11 is 6.36. The van der Waals surface area contributed by atoms with Crippen molar-refractivity contribution in [1.82, 2.24) is 9.47 Å². The van der Waals surface area contributed by atoms with E-state index in [1.54, 1.807) is 16.7 Å². The number of fused-ring (bicyclic) bond motifs is 1. The van der Waals surface area contributed by atoms with Crippen molar-refractivity contribution < 1.29 is 13.2 Å². The van der Waals surface area contributed by atoms with Gasteiger partial charge in [-0.1, -0.05) is 54.9 Å². The van der Waals surface area contributed by atoms with E-state index >= 15 is 0 Å². The van der Waals surface area contributed by atoms with Gasteiger partial charge in [0, 0.05) is 29.7 Å². The third-order valence-electron chi connectivity index (χ3n) is 6.37. The molecule has 0 aliphatic carbocycles. The van der Waals surface area contributed by atoms with Crippen molar-refractivity contribution in [3.8, 4) is 0 Å². The molecule has 1 atom stereocenters. The van der Waals surface area contributed by atoms with Crippen LogP contribution in [-0.2, 0) is 21.2 Å². The molecule has 0 bridgehead atoms. The lowest BCUT2D eigenvalue weighted by Crippen LogP contribution is -2.42. The van der Waals surface area contributed by atoms with Crippen LogP contribution in [0.2, 0.25) is 5.02 Å². The molecule has 2 heterocycles. The van der Waals surface area contributed by atoms with Crippen molar-refractivity contribution in [2.75, 3.05) is 13.1 Å². The molecule has 0 saturated carbocycles. The Morgan fingerprint density at radius 3 is 2.47 bits per heavy atom. The first-order chi connectivity index (χ1) is 15.3. The number of aromatic nitrogens is 1. The molecule has 0 radical (unpaired) electrons. The van der Waals surface area contributed by atoms with Gasteiger partial charge in [-0.25, -0.2) is 13.6 Å². The second kappa shape index (κ2) is 9.25. The number of likely N-dealkylation sites (tertiary alicyclic amines) is 1. The fourth-order valence-corrected chi connectivity index (χ4v) is 5.44. The van der Waals surface area contributed by atoms with E-state index in [9.17, 15) is 13.2 Å². The molecule has 1 fully saturated rings. The second-order valence-corrected chi connectivity index (χ2v) is 10.6. The van der Waals surface area contributed by atoms with Crippen LogP contribution in [0.1, 0.15) is 37.8 Å². The van der Waals surface area contributed by atoms with E-state index in [2.05, 4.69) is 6.92 Å². The number of benzene rings is 2. The summed E-state index contributed by atoms with van der Waals surface area (Å²) in [6.07, 6.45) is 4.55. The Kier molecular flexibility index (Phi) is 6.60. The van der Waals surface area contributed by atoms with Gasteiger partial charge in [0.25, 0.3) is 0 Å². The highest BCUT2D eigenvalue weighted by Gasteiger charge is 2.31. The van der Waals surface area contributed by atoms with Gasteiger partial charge in [0.2, 0.25) is 15.9 Å². The van der Waals surface area contributed by atoms with Gasteiger partial charge in [-0.15, -0.1) is 0 Å². The monoisotopic (exact) mass is 473 g/mol. The van der Waals surface area contributed by atoms with Gasteiger partial charge in [0.1, 0.15) is 10.9 Å². The quantitative estimate of drug-likeness (QED) is 0.576. The van der Waals surface area contributed by atoms with Gasteiger partial charge in [-0.3, -0.25) is 4.79 Å². The number of nitrogens with two attached hydrogens (primary N) is 1. The molecule has 3 aromatic rings. The molecule has 8 heteroatoms. The predicted molar refractivity (Wildman–Crippen MR) is 127 cm³/mol. The summed E-state index contributed by atoms with van der Waals surface area (Å²) in [6.45, 7) is 3.63. The number of primary sulfonamides is 1. The highest BCUT2D eigenvalue weighted by atomic mass is 35.5. The summed E-state index contributed by atoms with van der Waals surface area (Å²) in [5.41, 5.74) is 1.64. The first-order valence-electron chi connectivity index (χ1n) is 10.9. The van der Waals surface area contributed by atoms with E-state index in [0.29, 0.717) is 47.8 Å². The Balaban J connectivity index is 1.75. The average Bonchev–Trinajstić information content (AvgIpc) is 3.16. The molecule has 2 aromatic carbocycles. The lowest BCUT2D eigenvalue weighted by atomic mass is 9.97. The summed E-state index contributed by atoms with van der Waals surface area (Å²) in [5.74, 6) is 0.604. The number of amides is 1. The van der Waals surface area contributed by atoms with Gasteiger partial charge in [-0.05, 0) is 49.3 Å². The maximum absolute atomic E-state index is 13.7. The normalized spacial score (nSPS) is 16.4. The number of hydrogen-bond acceptors (Lipinski definition) is 3. The van der Waals surface area contributed by atoms with E-state index in [1.165, 1.54) is 6.20 Å². The van der Waals surface area contributed by atoms with Gasteiger partial charge in [0.15, 0.2) is 0 Å². The van der Waals surface area contributed by atoms with Crippen molar-refractivity contribution in [2.45, 2.75) is 43.5 Å². The van der Waals surface area contributed by atoms with E-state index in [0.717, 1.165) is 18.4 Å². The predicted octanol–water partition coefficient (Wildman–Crippen LogP) is 4.37. The number of nitrogens with zero attached hydrogens (tertiary/aromatic N) is 2. The van der Waals surface area contributed by atoms with Gasteiger partial charge in [0.05, 0.1) is 5.52 Å². The maximum Gasteiger partial charge on any atom is 0.245 e. The molecule has 32 heavy (non-hydrogen) atoms. The molecule has 2 N–H and O–H groups in total. The summed E-state index contributed by atoms with van der Waals surface area (Å²) < 4.78 is 26.3. The van der Waals surface area contributed by atoms with E-state index in [4.69, 9.17) is 16.7 Å². The summed E-state index contributed by atoms with van der Waals surface area (Å²) in [5, 5.41) is 6.69.